The third-order valence-electron chi connectivity index (χ3n) is 3.96. The SMILES string of the molecule is CC(C)CNCC1CCN(CCc2cccc(F)c2)C1. The number of likely N-dealkylation sites (tertiary alicyclic amines) is 1. The van der Waals surface area contributed by atoms with Gasteiger partial charge in [0.15, 0.2) is 0 Å². The summed E-state index contributed by atoms with van der Waals surface area (Å²) in [5, 5.41) is 3.55. The van der Waals surface area contributed by atoms with E-state index in [-0.39, 0.29) is 5.82 Å². The predicted octanol–water partition coefficient (Wildman–Crippen LogP) is 2.94. The lowest BCUT2D eigenvalue weighted by Crippen LogP contribution is -2.29. The molecule has 20 heavy (non-hydrogen) atoms. The van der Waals surface area contributed by atoms with Gasteiger partial charge in [-0.3, -0.25) is 0 Å². The first kappa shape index (κ1) is 15.5. The molecule has 1 N–H and O–H groups in total. The molecule has 0 aromatic heterocycles. The molecule has 1 aliphatic rings. The summed E-state index contributed by atoms with van der Waals surface area (Å²) in [7, 11) is 0. The standard InChI is InChI=1S/C17H27FN2/c1-14(2)11-19-12-16-7-9-20(13-16)8-6-15-4-3-5-17(18)10-15/h3-5,10,14,16,19H,6-9,11-13H2,1-2H3. The molecule has 0 radical (unpaired) electrons. The molecule has 0 aliphatic carbocycles. The van der Waals surface area contributed by atoms with Crippen molar-refractivity contribution < 1.29 is 4.39 Å². The van der Waals surface area contributed by atoms with Gasteiger partial charge in [-0.25, -0.2) is 4.39 Å². The smallest absolute Gasteiger partial charge is 0.123 e. The average molecular weight is 278 g/mol. The molecular weight excluding hydrogens is 251 g/mol. The van der Waals surface area contributed by atoms with E-state index in [1.54, 1.807) is 12.1 Å². The van der Waals surface area contributed by atoms with Gasteiger partial charge in [0, 0.05) is 13.1 Å². The summed E-state index contributed by atoms with van der Waals surface area (Å²) in [6, 6.07) is 6.97. The zero-order chi connectivity index (χ0) is 14.4. The van der Waals surface area contributed by atoms with E-state index >= 15 is 0 Å². The number of halogens is 1. The zero-order valence-corrected chi connectivity index (χ0v) is 12.7. The summed E-state index contributed by atoms with van der Waals surface area (Å²) in [6.45, 7) is 10.1. The molecule has 0 amide bonds. The van der Waals surface area contributed by atoms with Crippen LogP contribution in [-0.4, -0.2) is 37.6 Å². The second-order valence-corrected chi connectivity index (χ2v) is 6.39. The fourth-order valence-electron chi connectivity index (χ4n) is 2.84. The fraction of sp³-hybridized carbons (Fsp3) is 0.647. The molecule has 2 rings (SSSR count). The highest BCUT2D eigenvalue weighted by Crippen LogP contribution is 2.16. The minimum absolute atomic E-state index is 0.125. The molecule has 1 atom stereocenters. The summed E-state index contributed by atoms with van der Waals surface area (Å²) in [5.74, 6) is 1.38. The van der Waals surface area contributed by atoms with Crippen LogP contribution >= 0.6 is 0 Å². The van der Waals surface area contributed by atoms with Crippen molar-refractivity contribution in [3.8, 4) is 0 Å². The lowest BCUT2D eigenvalue weighted by atomic mass is 10.1. The third-order valence-corrected chi connectivity index (χ3v) is 3.96. The van der Waals surface area contributed by atoms with Crippen LogP contribution in [0.2, 0.25) is 0 Å². The second kappa shape index (κ2) is 7.75. The molecule has 1 unspecified atom stereocenters. The molecular formula is C17H27FN2. The first-order valence-electron chi connectivity index (χ1n) is 7.81. The number of benzene rings is 1. The molecule has 0 saturated carbocycles. The monoisotopic (exact) mass is 278 g/mol. The Morgan fingerprint density at radius 3 is 3.00 bits per heavy atom. The molecule has 1 aromatic rings. The maximum atomic E-state index is 13.1. The topological polar surface area (TPSA) is 15.3 Å². The van der Waals surface area contributed by atoms with Crippen molar-refractivity contribution in [1.29, 1.82) is 0 Å². The lowest BCUT2D eigenvalue weighted by Gasteiger charge is -2.16. The number of rotatable bonds is 7. The minimum atomic E-state index is -0.125. The van der Waals surface area contributed by atoms with Gasteiger partial charge in [0.25, 0.3) is 0 Å². The van der Waals surface area contributed by atoms with Crippen molar-refractivity contribution in [2.75, 3.05) is 32.7 Å². The Kier molecular flexibility index (Phi) is 5.99. The molecule has 3 heteroatoms. The minimum Gasteiger partial charge on any atom is -0.316 e. The van der Waals surface area contributed by atoms with Gasteiger partial charge in [-0.2, -0.15) is 0 Å². The number of nitrogens with zero attached hydrogens (tertiary/aromatic N) is 1. The van der Waals surface area contributed by atoms with Crippen LogP contribution in [0.1, 0.15) is 25.8 Å². The second-order valence-electron chi connectivity index (χ2n) is 6.39. The highest BCUT2D eigenvalue weighted by Gasteiger charge is 2.21. The van der Waals surface area contributed by atoms with E-state index in [4.69, 9.17) is 0 Å². The van der Waals surface area contributed by atoms with E-state index in [1.807, 2.05) is 6.07 Å². The van der Waals surface area contributed by atoms with E-state index in [0.29, 0.717) is 0 Å². The summed E-state index contributed by atoms with van der Waals surface area (Å²) < 4.78 is 13.1. The van der Waals surface area contributed by atoms with Crippen LogP contribution in [0.3, 0.4) is 0 Å². The highest BCUT2D eigenvalue weighted by molar-refractivity contribution is 5.16. The van der Waals surface area contributed by atoms with Gasteiger partial charge in [0.05, 0.1) is 0 Å². The molecule has 1 heterocycles. The van der Waals surface area contributed by atoms with Gasteiger partial charge in [-0.15, -0.1) is 0 Å². The number of hydrogen-bond donors (Lipinski definition) is 1. The van der Waals surface area contributed by atoms with E-state index in [2.05, 4.69) is 24.1 Å². The molecule has 1 fully saturated rings. The van der Waals surface area contributed by atoms with Crippen LogP contribution in [0, 0.1) is 17.7 Å². The van der Waals surface area contributed by atoms with Crippen LogP contribution in [-0.2, 0) is 6.42 Å². The largest absolute Gasteiger partial charge is 0.316 e. The summed E-state index contributed by atoms with van der Waals surface area (Å²) in [4.78, 5) is 2.51. The van der Waals surface area contributed by atoms with Gasteiger partial charge in [-0.1, -0.05) is 26.0 Å². The summed E-state index contributed by atoms with van der Waals surface area (Å²) in [5.41, 5.74) is 1.10. The van der Waals surface area contributed by atoms with Crippen molar-refractivity contribution in [1.82, 2.24) is 10.2 Å². The quantitative estimate of drug-likeness (QED) is 0.825. The molecule has 112 valence electrons. The fourth-order valence-corrected chi connectivity index (χ4v) is 2.84. The molecule has 1 saturated heterocycles. The molecule has 0 spiro atoms. The van der Waals surface area contributed by atoms with E-state index in [9.17, 15) is 4.39 Å². The van der Waals surface area contributed by atoms with Gasteiger partial charge in [0.1, 0.15) is 5.82 Å². The molecule has 0 bridgehead atoms. The van der Waals surface area contributed by atoms with Gasteiger partial charge in [0.2, 0.25) is 0 Å². The van der Waals surface area contributed by atoms with Crippen molar-refractivity contribution >= 4 is 0 Å². The predicted molar refractivity (Wildman–Crippen MR) is 82.4 cm³/mol. The Morgan fingerprint density at radius 1 is 1.40 bits per heavy atom. The average Bonchev–Trinajstić information content (AvgIpc) is 2.84. The Hall–Kier alpha value is -0.930. The Balaban J connectivity index is 1.66. The lowest BCUT2D eigenvalue weighted by molar-refractivity contribution is 0.324. The highest BCUT2D eigenvalue weighted by atomic mass is 19.1. The normalized spacial score (nSPS) is 19.9. The van der Waals surface area contributed by atoms with Crippen LogP contribution in [0.4, 0.5) is 4.39 Å². The van der Waals surface area contributed by atoms with E-state index in [1.165, 1.54) is 25.6 Å². The Morgan fingerprint density at radius 2 is 2.25 bits per heavy atom. The maximum absolute atomic E-state index is 13.1. The Bertz CT molecular complexity index is 406. The Labute approximate surface area is 122 Å². The van der Waals surface area contributed by atoms with Crippen molar-refractivity contribution in [2.24, 2.45) is 11.8 Å². The number of hydrogen-bond acceptors (Lipinski definition) is 2. The molecule has 2 nitrogen and oxygen atoms in total. The van der Waals surface area contributed by atoms with Gasteiger partial charge < -0.3 is 10.2 Å². The van der Waals surface area contributed by atoms with Crippen LogP contribution in [0.5, 0.6) is 0 Å². The van der Waals surface area contributed by atoms with Crippen molar-refractivity contribution in [3.63, 3.8) is 0 Å². The first-order valence-corrected chi connectivity index (χ1v) is 7.81. The molecule has 1 aromatic carbocycles. The maximum Gasteiger partial charge on any atom is 0.123 e. The van der Waals surface area contributed by atoms with Gasteiger partial charge in [-0.05, 0) is 62.0 Å². The third kappa shape index (κ3) is 5.22. The summed E-state index contributed by atoms with van der Waals surface area (Å²) in [6.07, 6.45) is 2.23. The van der Waals surface area contributed by atoms with Crippen LogP contribution < -0.4 is 5.32 Å². The van der Waals surface area contributed by atoms with Crippen molar-refractivity contribution in [3.05, 3.63) is 35.6 Å². The zero-order valence-electron chi connectivity index (χ0n) is 12.7. The van der Waals surface area contributed by atoms with Crippen molar-refractivity contribution in [2.45, 2.75) is 26.7 Å². The van der Waals surface area contributed by atoms with Crippen LogP contribution in [0.15, 0.2) is 24.3 Å². The first-order chi connectivity index (χ1) is 9.63. The van der Waals surface area contributed by atoms with Gasteiger partial charge >= 0.3 is 0 Å². The van der Waals surface area contributed by atoms with E-state index < -0.39 is 0 Å². The molecule has 1 aliphatic heterocycles. The number of nitrogens with one attached hydrogen (secondary N) is 1. The summed E-state index contributed by atoms with van der Waals surface area (Å²) >= 11 is 0. The van der Waals surface area contributed by atoms with Crippen LogP contribution in [0.25, 0.3) is 0 Å². The van der Waals surface area contributed by atoms with E-state index in [0.717, 1.165) is 43.5 Å².